The van der Waals surface area contributed by atoms with Gasteiger partial charge >= 0.3 is 0 Å². The summed E-state index contributed by atoms with van der Waals surface area (Å²) in [5, 5.41) is 4.51. The van der Waals surface area contributed by atoms with E-state index in [1.165, 1.54) is 24.3 Å². The quantitative estimate of drug-likeness (QED) is 0.826. The van der Waals surface area contributed by atoms with Crippen molar-refractivity contribution in [3.63, 3.8) is 0 Å². The average molecular weight is 307 g/mol. The summed E-state index contributed by atoms with van der Waals surface area (Å²) in [4.78, 5) is -0.0188. The molecule has 0 saturated heterocycles. The molecule has 19 heavy (non-hydrogen) atoms. The number of ether oxygens (including phenoxy) is 1. The Hall–Kier alpha value is -1.12. The first-order valence-corrected chi connectivity index (χ1v) is 8.86. The van der Waals surface area contributed by atoms with E-state index >= 15 is 0 Å². The average Bonchev–Trinajstić information content (AvgIpc) is 2.28. The highest BCUT2D eigenvalue weighted by molar-refractivity contribution is 7.92. The van der Waals surface area contributed by atoms with Gasteiger partial charge in [0.2, 0.25) is 10.0 Å². The van der Waals surface area contributed by atoms with Crippen molar-refractivity contribution in [1.29, 1.82) is 0 Å². The van der Waals surface area contributed by atoms with Crippen molar-refractivity contribution in [2.24, 2.45) is 5.14 Å². The smallest absolute Gasteiger partial charge is 0.238 e. The molecule has 0 aliphatic carbocycles. The molecule has 0 aliphatic heterocycles. The maximum absolute atomic E-state index is 11.5. The second kappa shape index (κ2) is 5.89. The molecular formula is C11H17NO5S2. The van der Waals surface area contributed by atoms with Crippen LogP contribution in [-0.2, 0) is 19.9 Å². The molecule has 0 radical (unpaired) electrons. The maximum atomic E-state index is 11.5. The van der Waals surface area contributed by atoms with Crippen LogP contribution in [-0.4, -0.2) is 34.4 Å². The molecule has 0 saturated carbocycles. The summed E-state index contributed by atoms with van der Waals surface area (Å²) in [5.41, 5.74) is 0. The molecule has 8 heteroatoms. The predicted molar refractivity (Wildman–Crippen MR) is 72.2 cm³/mol. The molecule has 1 aromatic rings. The standard InChI is InChI=1S/C11H17NO5S2/c1-9(2)18(13,14)8-7-17-10-3-5-11(6-4-10)19(12,15)16/h3-6,9H,7-8H2,1-2H3,(H2,12,15,16). The van der Waals surface area contributed by atoms with Crippen LogP contribution in [0.4, 0.5) is 0 Å². The van der Waals surface area contributed by atoms with Crippen LogP contribution >= 0.6 is 0 Å². The largest absolute Gasteiger partial charge is 0.493 e. The second-order valence-corrected chi connectivity index (χ2v) is 8.52. The summed E-state index contributed by atoms with van der Waals surface area (Å²) in [6.07, 6.45) is 0. The van der Waals surface area contributed by atoms with Crippen molar-refractivity contribution in [3.8, 4) is 5.75 Å². The lowest BCUT2D eigenvalue weighted by molar-refractivity contribution is 0.340. The third-order valence-electron chi connectivity index (χ3n) is 2.51. The van der Waals surface area contributed by atoms with Gasteiger partial charge in [-0.3, -0.25) is 0 Å². The number of sulfonamides is 1. The fourth-order valence-corrected chi connectivity index (χ4v) is 2.54. The Labute approximate surface area is 113 Å². The summed E-state index contributed by atoms with van der Waals surface area (Å²) in [6, 6.07) is 5.48. The van der Waals surface area contributed by atoms with Gasteiger partial charge in [-0.05, 0) is 38.1 Å². The lowest BCUT2D eigenvalue weighted by Gasteiger charge is -2.09. The number of hydrogen-bond donors (Lipinski definition) is 1. The van der Waals surface area contributed by atoms with Gasteiger partial charge in [0.1, 0.15) is 12.4 Å². The van der Waals surface area contributed by atoms with E-state index in [2.05, 4.69) is 0 Å². The SMILES string of the molecule is CC(C)S(=O)(=O)CCOc1ccc(S(N)(=O)=O)cc1. The van der Waals surface area contributed by atoms with Crippen molar-refractivity contribution in [3.05, 3.63) is 24.3 Å². The topological polar surface area (TPSA) is 104 Å². The molecular weight excluding hydrogens is 290 g/mol. The van der Waals surface area contributed by atoms with Crippen LogP contribution in [0.25, 0.3) is 0 Å². The van der Waals surface area contributed by atoms with Gasteiger partial charge in [-0.25, -0.2) is 22.0 Å². The minimum atomic E-state index is -3.73. The molecule has 1 aromatic carbocycles. The molecule has 0 amide bonds. The summed E-state index contributed by atoms with van der Waals surface area (Å²) in [5.74, 6) is 0.313. The van der Waals surface area contributed by atoms with Crippen molar-refractivity contribution in [2.45, 2.75) is 24.0 Å². The van der Waals surface area contributed by atoms with Crippen LogP contribution in [0.3, 0.4) is 0 Å². The van der Waals surface area contributed by atoms with E-state index in [4.69, 9.17) is 9.88 Å². The van der Waals surface area contributed by atoms with E-state index in [0.717, 1.165) is 0 Å². The fourth-order valence-electron chi connectivity index (χ4n) is 1.24. The zero-order valence-corrected chi connectivity index (χ0v) is 12.4. The molecule has 0 aromatic heterocycles. The Morgan fingerprint density at radius 2 is 1.63 bits per heavy atom. The molecule has 0 bridgehead atoms. The van der Waals surface area contributed by atoms with Gasteiger partial charge in [0.05, 0.1) is 15.9 Å². The van der Waals surface area contributed by atoms with Crippen LogP contribution in [0.5, 0.6) is 5.75 Å². The van der Waals surface area contributed by atoms with E-state index < -0.39 is 25.1 Å². The monoisotopic (exact) mass is 307 g/mol. The Morgan fingerprint density at radius 1 is 1.11 bits per heavy atom. The van der Waals surface area contributed by atoms with E-state index in [9.17, 15) is 16.8 Å². The highest BCUT2D eigenvalue weighted by Crippen LogP contribution is 2.15. The Balaban J connectivity index is 2.61. The first-order chi connectivity index (χ1) is 8.63. The molecule has 2 N–H and O–H groups in total. The molecule has 0 aliphatic rings. The van der Waals surface area contributed by atoms with Crippen molar-refractivity contribution in [2.75, 3.05) is 12.4 Å². The van der Waals surface area contributed by atoms with E-state index in [1.54, 1.807) is 13.8 Å². The molecule has 0 unspecified atom stereocenters. The maximum Gasteiger partial charge on any atom is 0.238 e. The van der Waals surface area contributed by atoms with Crippen molar-refractivity contribution < 1.29 is 21.6 Å². The van der Waals surface area contributed by atoms with Crippen LogP contribution in [0, 0.1) is 0 Å². The summed E-state index contributed by atoms with van der Waals surface area (Å²) < 4.78 is 50.3. The number of sulfone groups is 1. The molecule has 108 valence electrons. The first kappa shape index (κ1) is 15.9. The lowest BCUT2D eigenvalue weighted by Crippen LogP contribution is -2.22. The van der Waals surface area contributed by atoms with E-state index in [1.807, 2.05) is 0 Å². The predicted octanol–water partition coefficient (Wildman–Crippen LogP) is 0.536. The van der Waals surface area contributed by atoms with Gasteiger partial charge in [-0.2, -0.15) is 0 Å². The Kier molecular flexibility index (Phi) is 4.94. The van der Waals surface area contributed by atoms with E-state index in [0.29, 0.717) is 5.75 Å². The van der Waals surface area contributed by atoms with Gasteiger partial charge in [0, 0.05) is 0 Å². The molecule has 1 rings (SSSR count). The van der Waals surface area contributed by atoms with Gasteiger partial charge in [-0.1, -0.05) is 0 Å². The third kappa shape index (κ3) is 4.81. The van der Waals surface area contributed by atoms with Gasteiger partial charge in [-0.15, -0.1) is 0 Å². The number of nitrogens with two attached hydrogens (primary N) is 1. The zero-order chi connectivity index (χ0) is 14.7. The number of hydrogen-bond acceptors (Lipinski definition) is 5. The van der Waals surface area contributed by atoms with Crippen LogP contribution in [0.1, 0.15) is 13.8 Å². The minimum Gasteiger partial charge on any atom is -0.493 e. The highest BCUT2D eigenvalue weighted by atomic mass is 32.2. The van der Waals surface area contributed by atoms with Gasteiger partial charge < -0.3 is 4.74 Å². The van der Waals surface area contributed by atoms with Gasteiger partial charge in [0.15, 0.2) is 9.84 Å². The van der Waals surface area contributed by atoms with Gasteiger partial charge in [0.25, 0.3) is 0 Å². The Morgan fingerprint density at radius 3 is 2.05 bits per heavy atom. The summed E-state index contributed by atoms with van der Waals surface area (Å²) >= 11 is 0. The number of rotatable bonds is 6. The van der Waals surface area contributed by atoms with Crippen LogP contribution in [0.2, 0.25) is 0 Å². The van der Waals surface area contributed by atoms with Crippen molar-refractivity contribution in [1.82, 2.24) is 0 Å². The third-order valence-corrected chi connectivity index (χ3v) is 5.61. The summed E-state index contributed by atoms with van der Waals surface area (Å²) in [7, 11) is -6.87. The normalized spacial score (nSPS) is 12.6. The molecule has 0 spiro atoms. The molecule has 6 nitrogen and oxygen atoms in total. The minimum absolute atomic E-state index is 0.0188. The lowest BCUT2D eigenvalue weighted by atomic mass is 10.3. The summed E-state index contributed by atoms with van der Waals surface area (Å²) in [6.45, 7) is 3.24. The zero-order valence-electron chi connectivity index (χ0n) is 10.7. The second-order valence-electron chi connectivity index (χ2n) is 4.28. The highest BCUT2D eigenvalue weighted by Gasteiger charge is 2.15. The van der Waals surface area contributed by atoms with E-state index in [-0.39, 0.29) is 17.3 Å². The molecule has 0 atom stereocenters. The molecule has 0 fully saturated rings. The fraction of sp³-hybridized carbons (Fsp3) is 0.455. The molecule has 0 heterocycles. The Bertz CT molecular complexity index is 618. The number of benzene rings is 1. The van der Waals surface area contributed by atoms with Crippen LogP contribution in [0.15, 0.2) is 29.2 Å². The van der Waals surface area contributed by atoms with Crippen LogP contribution < -0.4 is 9.88 Å². The number of primary sulfonamides is 1. The van der Waals surface area contributed by atoms with Crippen molar-refractivity contribution >= 4 is 19.9 Å². The first-order valence-electron chi connectivity index (χ1n) is 5.60.